The van der Waals surface area contributed by atoms with Crippen LogP contribution in [-0.2, 0) is 0 Å². The zero-order chi connectivity index (χ0) is 13.3. The highest BCUT2D eigenvalue weighted by atomic mass is 35.5. The summed E-state index contributed by atoms with van der Waals surface area (Å²) in [6.45, 7) is 1.83. The SMILES string of the molecule is C[C@H](N)c1nc(N(C)C)nn1-c1ncc(Cl)cn1. The first-order valence-corrected chi connectivity index (χ1v) is 5.74. The molecular weight excluding hydrogens is 254 g/mol. The average Bonchev–Trinajstić information content (AvgIpc) is 2.75. The Hall–Kier alpha value is -1.73. The van der Waals surface area contributed by atoms with Gasteiger partial charge in [0.05, 0.1) is 23.5 Å². The second-order valence-electron chi connectivity index (χ2n) is 4.07. The number of nitrogens with two attached hydrogens (primary N) is 1. The summed E-state index contributed by atoms with van der Waals surface area (Å²) in [6.07, 6.45) is 3.01. The van der Waals surface area contributed by atoms with Crippen LogP contribution in [0.25, 0.3) is 5.95 Å². The molecular formula is C10H14ClN7. The summed E-state index contributed by atoms with van der Waals surface area (Å²) in [5, 5.41) is 4.78. The number of hydrogen-bond acceptors (Lipinski definition) is 6. The van der Waals surface area contributed by atoms with E-state index in [9.17, 15) is 0 Å². The molecule has 0 saturated carbocycles. The van der Waals surface area contributed by atoms with Gasteiger partial charge in [-0.3, -0.25) is 0 Å². The maximum Gasteiger partial charge on any atom is 0.252 e. The van der Waals surface area contributed by atoms with Crippen molar-refractivity contribution in [1.82, 2.24) is 24.7 Å². The quantitative estimate of drug-likeness (QED) is 0.885. The fraction of sp³-hybridized carbons (Fsp3) is 0.400. The summed E-state index contributed by atoms with van der Waals surface area (Å²) < 4.78 is 1.52. The van der Waals surface area contributed by atoms with E-state index in [4.69, 9.17) is 17.3 Å². The van der Waals surface area contributed by atoms with Crippen molar-refractivity contribution in [2.45, 2.75) is 13.0 Å². The molecule has 8 heteroatoms. The van der Waals surface area contributed by atoms with Gasteiger partial charge in [0, 0.05) is 14.1 Å². The molecule has 0 aliphatic carbocycles. The molecule has 2 rings (SSSR count). The van der Waals surface area contributed by atoms with Gasteiger partial charge in [-0.15, -0.1) is 5.10 Å². The van der Waals surface area contributed by atoms with Gasteiger partial charge >= 0.3 is 0 Å². The molecule has 0 aliphatic heterocycles. The Morgan fingerprint density at radius 3 is 2.44 bits per heavy atom. The minimum absolute atomic E-state index is 0.273. The van der Waals surface area contributed by atoms with Crippen molar-refractivity contribution in [2.75, 3.05) is 19.0 Å². The summed E-state index contributed by atoms with van der Waals surface area (Å²) in [5.74, 6) is 1.55. The first-order valence-electron chi connectivity index (χ1n) is 5.37. The molecule has 1 atom stereocenters. The Labute approximate surface area is 110 Å². The lowest BCUT2D eigenvalue weighted by Gasteiger charge is -2.05. The minimum atomic E-state index is -0.273. The largest absolute Gasteiger partial charge is 0.346 e. The molecule has 0 radical (unpaired) electrons. The lowest BCUT2D eigenvalue weighted by molar-refractivity contribution is 0.669. The number of anilines is 1. The van der Waals surface area contributed by atoms with Crippen LogP contribution in [0.3, 0.4) is 0 Å². The van der Waals surface area contributed by atoms with Gasteiger partial charge in [0.2, 0.25) is 5.95 Å². The molecule has 0 saturated heterocycles. The Kier molecular flexibility index (Phi) is 3.44. The zero-order valence-electron chi connectivity index (χ0n) is 10.4. The van der Waals surface area contributed by atoms with Gasteiger partial charge in [-0.25, -0.2) is 9.97 Å². The van der Waals surface area contributed by atoms with Crippen LogP contribution >= 0.6 is 11.6 Å². The second kappa shape index (κ2) is 4.87. The van der Waals surface area contributed by atoms with Gasteiger partial charge in [-0.1, -0.05) is 11.6 Å². The maximum absolute atomic E-state index is 5.87. The highest BCUT2D eigenvalue weighted by molar-refractivity contribution is 6.30. The Morgan fingerprint density at radius 2 is 1.94 bits per heavy atom. The number of halogens is 1. The van der Waals surface area contributed by atoms with E-state index in [1.807, 2.05) is 21.0 Å². The highest BCUT2D eigenvalue weighted by Gasteiger charge is 2.17. The normalized spacial score (nSPS) is 12.5. The molecule has 7 nitrogen and oxygen atoms in total. The van der Waals surface area contributed by atoms with E-state index in [2.05, 4.69) is 20.1 Å². The summed E-state index contributed by atoms with van der Waals surface area (Å²) in [6, 6.07) is -0.273. The van der Waals surface area contributed by atoms with Gasteiger partial charge in [-0.2, -0.15) is 9.67 Å². The molecule has 2 aromatic heterocycles. The summed E-state index contributed by atoms with van der Waals surface area (Å²) in [7, 11) is 3.71. The van der Waals surface area contributed by atoms with Crippen LogP contribution < -0.4 is 10.6 Å². The first-order chi connectivity index (χ1) is 8.49. The predicted octanol–water partition coefficient (Wildman–Crippen LogP) is 0.796. The van der Waals surface area contributed by atoms with Crippen molar-refractivity contribution >= 4 is 17.5 Å². The van der Waals surface area contributed by atoms with Gasteiger partial charge < -0.3 is 10.6 Å². The van der Waals surface area contributed by atoms with Crippen molar-refractivity contribution < 1.29 is 0 Å². The van der Waals surface area contributed by atoms with Crippen LogP contribution in [0.4, 0.5) is 5.95 Å². The van der Waals surface area contributed by atoms with E-state index < -0.39 is 0 Å². The van der Waals surface area contributed by atoms with Gasteiger partial charge in [-0.05, 0) is 6.92 Å². The monoisotopic (exact) mass is 267 g/mol. The fourth-order valence-corrected chi connectivity index (χ4v) is 1.46. The molecule has 0 unspecified atom stereocenters. The third kappa shape index (κ3) is 2.41. The van der Waals surface area contributed by atoms with E-state index in [1.54, 1.807) is 4.90 Å². The highest BCUT2D eigenvalue weighted by Crippen LogP contribution is 2.15. The first kappa shape index (κ1) is 12.7. The van der Waals surface area contributed by atoms with E-state index in [0.29, 0.717) is 22.7 Å². The number of hydrogen-bond donors (Lipinski definition) is 1. The van der Waals surface area contributed by atoms with Crippen molar-refractivity contribution in [3.8, 4) is 5.95 Å². The molecule has 0 aromatic carbocycles. The van der Waals surface area contributed by atoms with Crippen LogP contribution in [0.1, 0.15) is 18.8 Å². The summed E-state index contributed by atoms with van der Waals surface area (Å²) in [4.78, 5) is 14.4. The van der Waals surface area contributed by atoms with Crippen LogP contribution in [0.15, 0.2) is 12.4 Å². The smallest absolute Gasteiger partial charge is 0.252 e. The van der Waals surface area contributed by atoms with Crippen LogP contribution in [-0.4, -0.2) is 38.8 Å². The van der Waals surface area contributed by atoms with Crippen molar-refractivity contribution in [3.63, 3.8) is 0 Å². The maximum atomic E-state index is 5.87. The second-order valence-corrected chi connectivity index (χ2v) is 4.50. The van der Waals surface area contributed by atoms with Crippen molar-refractivity contribution in [1.29, 1.82) is 0 Å². The predicted molar refractivity (Wildman–Crippen MR) is 68.9 cm³/mol. The standard InChI is InChI=1S/C10H14ClN7/c1-6(12)8-15-10(17(2)3)16-18(8)9-13-4-7(11)5-14-9/h4-6H,12H2,1-3H3/t6-/m0/s1. The molecule has 2 aromatic rings. The lowest BCUT2D eigenvalue weighted by Crippen LogP contribution is -2.15. The summed E-state index contributed by atoms with van der Waals surface area (Å²) >= 11 is 5.75. The van der Waals surface area contributed by atoms with E-state index in [-0.39, 0.29) is 6.04 Å². The molecule has 0 spiro atoms. The lowest BCUT2D eigenvalue weighted by atomic mass is 10.3. The molecule has 0 fully saturated rings. The molecule has 2 heterocycles. The molecule has 0 amide bonds. The average molecular weight is 268 g/mol. The molecule has 2 N–H and O–H groups in total. The van der Waals surface area contributed by atoms with Crippen molar-refractivity contribution in [2.24, 2.45) is 5.73 Å². The summed E-state index contributed by atoms with van der Waals surface area (Å²) in [5.41, 5.74) is 5.87. The number of rotatable bonds is 3. The van der Waals surface area contributed by atoms with Crippen LogP contribution in [0, 0.1) is 0 Å². The molecule has 18 heavy (non-hydrogen) atoms. The molecule has 96 valence electrons. The molecule has 0 bridgehead atoms. The Morgan fingerprint density at radius 1 is 1.33 bits per heavy atom. The number of nitrogens with zero attached hydrogens (tertiary/aromatic N) is 6. The van der Waals surface area contributed by atoms with Crippen molar-refractivity contribution in [3.05, 3.63) is 23.2 Å². The van der Waals surface area contributed by atoms with Gasteiger partial charge in [0.25, 0.3) is 5.95 Å². The van der Waals surface area contributed by atoms with Gasteiger partial charge in [0.1, 0.15) is 0 Å². The number of aromatic nitrogens is 5. The third-order valence-electron chi connectivity index (χ3n) is 2.22. The van der Waals surface area contributed by atoms with Crippen LogP contribution in [0.2, 0.25) is 5.02 Å². The third-order valence-corrected chi connectivity index (χ3v) is 2.42. The van der Waals surface area contributed by atoms with Gasteiger partial charge in [0.15, 0.2) is 5.82 Å². The van der Waals surface area contributed by atoms with E-state index in [0.717, 1.165) is 0 Å². The topological polar surface area (TPSA) is 85.8 Å². The zero-order valence-corrected chi connectivity index (χ0v) is 11.1. The Bertz CT molecular complexity index is 532. The molecule has 0 aliphatic rings. The van der Waals surface area contributed by atoms with E-state index >= 15 is 0 Å². The fourth-order valence-electron chi connectivity index (χ4n) is 1.36. The van der Waals surface area contributed by atoms with Crippen LogP contribution in [0.5, 0.6) is 0 Å². The van der Waals surface area contributed by atoms with E-state index in [1.165, 1.54) is 17.1 Å². The Balaban J connectivity index is 2.51. The minimum Gasteiger partial charge on any atom is -0.346 e.